The van der Waals surface area contributed by atoms with Gasteiger partial charge >= 0.3 is 0 Å². The molecule has 0 bridgehead atoms. The fourth-order valence-electron chi connectivity index (χ4n) is 1.50. The first-order valence-electron chi connectivity index (χ1n) is 5.48. The van der Waals surface area contributed by atoms with Gasteiger partial charge in [-0.3, -0.25) is 0 Å². The van der Waals surface area contributed by atoms with Crippen molar-refractivity contribution in [1.82, 2.24) is 4.72 Å². The van der Waals surface area contributed by atoms with E-state index < -0.39 is 10.0 Å². The van der Waals surface area contributed by atoms with Gasteiger partial charge in [0.1, 0.15) is 9.96 Å². The van der Waals surface area contributed by atoms with Crippen LogP contribution in [-0.4, -0.2) is 15.5 Å². The zero-order valence-electron chi connectivity index (χ0n) is 10.3. The second-order valence-electron chi connectivity index (χ2n) is 3.88. The molecule has 0 unspecified atom stereocenters. The molecule has 5 nitrogen and oxygen atoms in total. The van der Waals surface area contributed by atoms with E-state index in [2.05, 4.69) is 4.72 Å². The minimum absolute atomic E-state index is 0.206. The summed E-state index contributed by atoms with van der Waals surface area (Å²) >= 11 is 1.10. The fraction of sp³-hybridized carbons (Fsp3) is 0.167. The molecule has 2 rings (SSSR count). The molecule has 0 aliphatic heterocycles. The summed E-state index contributed by atoms with van der Waals surface area (Å²) in [6, 6.07) is 8.67. The quantitative estimate of drug-likeness (QED) is 0.882. The van der Waals surface area contributed by atoms with Gasteiger partial charge in [0.15, 0.2) is 0 Å². The number of anilines is 1. The maximum atomic E-state index is 12.0. The molecule has 0 amide bonds. The van der Waals surface area contributed by atoms with Crippen molar-refractivity contribution in [2.45, 2.75) is 10.8 Å². The van der Waals surface area contributed by atoms with Gasteiger partial charge in [-0.15, -0.1) is 11.3 Å². The summed E-state index contributed by atoms with van der Waals surface area (Å²) < 4.78 is 31.8. The zero-order valence-corrected chi connectivity index (χ0v) is 11.9. The van der Waals surface area contributed by atoms with Gasteiger partial charge in [-0.1, -0.05) is 12.1 Å². The molecule has 3 N–H and O–H groups in total. The lowest BCUT2D eigenvalue weighted by Crippen LogP contribution is -2.22. The second kappa shape index (κ2) is 5.60. The number of thiophene rings is 1. The molecule has 0 spiro atoms. The summed E-state index contributed by atoms with van der Waals surface area (Å²) in [5, 5.41) is 1.60. The van der Waals surface area contributed by atoms with Crippen molar-refractivity contribution in [3.8, 4) is 5.75 Å². The van der Waals surface area contributed by atoms with E-state index in [1.165, 1.54) is 6.07 Å². The monoisotopic (exact) mass is 298 g/mol. The third-order valence-corrected chi connectivity index (χ3v) is 5.32. The van der Waals surface area contributed by atoms with E-state index in [0.717, 1.165) is 16.9 Å². The minimum Gasteiger partial charge on any atom is -0.497 e. The lowest BCUT2D eigenvalue weighted by atomic mass is 10.2. The van der Waals surface area contributed by atoms with Crippen LogP contribution in [0.1, 0.15) is 5.56 Å². The van der Waals surface area contributed by atoms with Crippen LogP contribution in [0.15, 0.2) is 39.9 Å². The average molecular weight is 298 g/mol. The van der Waals surface area contributed by atoms with Crippen LogP contribution in [0.3, 0.4) is 0 Å². The number of methoxy groups -OCH3 is 1. The van der Waals surface area contributed by atoms with Gasteiger partial charge < -0.3 is 10.5 Å². The summed E-state index contributed by atoms with van der Waals surface area (Å²) in [6.07, 6.45) is 0. The molecule has 0 saturated heterocycles. The smallest absolute Gasteiger partial charge is 0.250 e. The number of sulfonamides is 1. The number of nitrogens with two attached hydrogens (primary N) is 1. The molecule has 0 aliphatic rings. The molecule has 19 heavy (non-hydrogen) atoms. The van der Waals surface area contributed by atoms with Crippen LogP contribution >= 0.6 is 11.3 Å². The molecule has 0 aliphatic carbocycles. The van der Waals surface area contributed by atoms with Crippen molar-refractivity contribution in [3.05, 3.63) is 41.3 Å². The van der Waals surface area contributed by atoms with Crippen molar-refractivity contribution in [3.63, 3.8) is 0 Å². The SMILES string of the molecule is COc1cccc(CNS(=O)(=O)c2cc(N)cs2)c1. The predicted octanol–water partition coefficient (Wildman–Crippen LogP) is 1.82. The van der Waals surface area contributed by atoms with Gasteiger partial charge in [-0.05, 0) is 23.8 Å². The van der Waals surface area contributed by atoms with Crippen LogP contribution in [0.25, 0.3) is 0 Å². The van der Waals surface area contributed by atoms with E-state index in [9.17, 15) is 8.42 Å². The number of rotatable bonds is 5. The molecule has 1 heterocycles. The summed E-state index contributed by atoms with van der Waals surface area (Å²) in [4.78, 5) is 0. The Morgan fingerprint density at radius 2 is 2.16 bits per heavy atom. The Morgan fingerprint density at radius 3 is 2.79 bits per heavy atom. The van der Waals surface area contributed by atoms with Crippen molar-refractivity contribution < 1.29 is 13.2 Å². The van der Waals surface area contributed by atoms with E-state index in [-0.39, 0.29) is 10.8 Å². The van der Waals surface area contributed by atoms with Gasteiger partial charge in [0.25, 0.3) is 0 Å². The third-order valence-electron chi connectivity index (χ3n) is 2.46. The topological polar surface area (TPSA) is 81.4 Å². The molecule has 0 saturated carbocycles. The highest BCUT2D eigenvalue weighted by Crippen LogP contribution is 2.21. The maximum absolute atomic E-state index is 12.0. The Bertz CT molecular complexity index is 665. The minimum atomic E-state index is -3.51. The Kier molecular flexibility index (Phi) is 4.08. The summed E-state index contributed by atoms with van der Waals surface area (Å²) in [5.74, 6) is 0.692. The first kappa shape index (κ1) is 13.9. The standard InChI is InChI=1S/C12H14N2O3S2/c1-17-11-4-2-3-9(5-11)7-14-19(15,16)12-6-10(13)8-18-12/h2-6,8,14H,7,13H2,1H3. The molecule has 0 radical (unpaired) electrons. The first-order chi connectivity index (χ1) is 9.01. The number of hydrogen-bond acceptors (Lipinski definition) is 5. The Balaban J connectivity index is 2.09. The largest absolute Gasteiger partial charge is 0.497 e. The number of ether oxygens (including phenoxy) is 1. The Labute approximate surface area is 116 Å². The number of nitrogen functional groups attached to an aromatic ring is 1. The summed E-state index contributed by atoms with van der Waals surface area (Å²) in [7, 11) is -1.94. The van der Waals surface area contributed by atoms with Crippen molar-refractivity contribution in [1.29, 1.82) is 0 Å². The number of hydrogen-bond donors (Lipinski definition) is 2. The van der Waals surface area contributed by atoms with Crippen molar-refractivity contribution in [2.24, 2.45) is 0 Å². The van der Waals surface area contributed by atoms with E-state index in [1.54, 1.807) is 24.6 Å². The highest BCUT2D eigenvalue weighted by Gasteiger charge is 2.15. The molecule has 2 aromatic rings. The van der Waals surface area contributed by atoms with Gasteiger partial charge in [-0.2, -0.15) is 0 Å². The van der Waals surface area contributed by atoms with Gasteiger partial charge in [0.05, 0.1) is 7.11 Å². The van der Waals surface area contributed by atoms with Crippen LogP contribution in [0, 0.1) is 0 Å². The second-order valence-corrected chi connectivity index (χ2v) is 6.78. The first-order valence-corrected chi connectivity index (χ1v) is 7.84. The lowest BCUT2D eigenvalue weighted by Gasteiger charge is -2.06. The molecule has 0 atom stereocenters. The Morgan fingerprint density at radius 1 is 1.37 bits per heavy atom. The van der Waals surface area contributed by atoms with Crippen LogP contribution in [0.4, 0.5) is 5.69 Å². The van der Waals surface area contributed by atoms with Gasteiger partial charge in [0, 0.05) is 17.6 Å². The molecule has 0 fully saturated rings. The lowest BCUT2D eigenvalue weighted by molar-refractivity contribution is 0.414. The Hall–Kier alpha value is -1.57. The average Bonchev–Trinajstić information content (AvgIpc) is 2.84. The zero-order chi connectivity index (χ0) is 13.9. The van der Waals surface area contributed by atoms with Crippen molar-refractivity contribution >= 4 is 27.0 Å². The molecule has 1 aromatic carbocycles. The molecule has 102 valence electrons. The van der Waals surface area contributed by atoms with Crippen molar-refractivity contribution in [2.75, 3.05) is 12.8 Å². The fourth-order valence-corrected chi connectivity index (χ4v) is 3.65. The normalized spacial score (nSPS) is 11.4. The van der Waals surface area contributed by atoms with Crippen LogP contribution < -0.4 is 15.2 Å². The van der Waals surface area contributed by atoms with E-state index in [1.807, 2.05) is 12.1 Å². The molecule has 7 heteroatoms. The summed E-state index contributed by atoms with van der Waals surface area (Å²) in [6.45, 7) is 0.206. The summed E-state index contributed by atoms with van der Waals surface area (Å²) in [5.41, 5.74) is 6.80. The van der Waals surface area contributed by atoms with Gasteiger partial charge in [-0.25, -0.2) is 13.1 Å². The highest BCUT2D eigenvalue weighted by atomic mass is 32.2. The molecule has 1 aromatic heterocycles. The maximum Gasteiger partial charge on any atom is 0.250 e. The van der Waals surface area contributed by atoms with E-state index in [4.69, 9.17) is 10.5 Å². The molecular formula is C12H14N2O3S2. The van der Waals surface area contributed by atoms with E-state index >= 15 is 0 Å². The highest BCUT2D eigenvalue weighted by molar-refractivity contribution is 7.91. The van der Waals surface area contributed by atoms with Gasteiger partial charge in [0.2, 0.25) is 10.0 Å². The van der Waals surface area contributed by atoms with Crippen LogP contribution in [0.2, 0.25) is 0 Å². The third kappa shape index (κ3) is 3.46. The van der Waals surface area contributed by atoms with E-state index in [0.29, 0.717) is 11.4 Å². The van der Waals surface area contributed by atoms with Crippen LogP contribution in [0.5, 0.6) is 5.75 Å². The number of benzene rings is 1. The number of nitrogens with one attached hydrogen (secondary N) is 1. The molecular weight excluding hydrogens is 284 g/mol. The van der Waals surface area contributed by atoms with Crippen LogP contribution in [-0.2, 0) is 16.6 Å². The predicted molar refractivity (Wildman–Crippen MR) is 75.8 cm³/mol.